The molecule has 4 nitrogen and oxygen atoms in total. The van der Waals surface area contributed by atoms with Crippen molar-refractivity contribution in [3.8, 4) is 0 Å². The highest BCUT2D eigenvalue weighted by molar-refractivity contribution is 9.09. The van der Waals surface area contributed by atoms with Gasteiger partial charge in [-0.2, -0.15) is 0 Å². The molecular formula is C13H20BrN3O. The lowest BCUT2D eigenvalue weighted by molar-refractivity contribution is -0.130. The van der Waals surface area contributed by atoms with E-state index in [0.717, 1.165) is 5.69 Å². The second kappa shape index (κ2) is 7.38. The van der Waals surface area contributed by atoms with Gasteiger partial charge in [0.2, 0.25) is 0 Å². The quantitative estimate of drug-likeness (QED) is 0.288. The Bertz CT molecular complexity index is 370. The van der Waals surface area contributed by atoms with Gasteiger partial charge in [0.15, 0.2) is 0 Å². The van der Waals surface area contributed by atoms with Gasteiger partial charge in [-0.1, -0.05) is 48.0 Å². The number of nitrogens with zero attached hydrogens (tertiary/aromatic N) is 2. The van der Waals surface area contributed by atoms with Gasteiger partial charge < -0.3 is 4.90 Å². The molecule has 0 spiro atoms. The number of hydrogen-bond donors (Lipinski definition) is 1. The highest BCUT2D eigenvalue weighted by Gasteiger charge is 2.15. The fourth-order valence-electron chi connectivity index (χ4n) is 1.59. The summed E-state index contributed by atoms with van der Waals surface area (Å²) in [6.45, 7) is 4.92. The van der Waals surface area contributed by atoms with Crippen LogP contribution in [0.25, 0.3) is 0 Å². The van der Waals surface area contributed by atoms with Crippen molar-refractivity contribution in [1.82, 2.24) is 5.01 Å². The fourth-order valence-corrected chi connectivity index (χ4v) is 2.06. The Hall–Kier alpha value is -1.07. The molecule has 0 aliphatic carbocycles. The zero-order chi connectivity index (χ0) is 13.5. The summed E-state index contributed by atoms with van der Waals surface area (Å²) < 4.78 is 0. The monoisotopic (exact) mass is 313 g/mol. The summed E-state index contributed by atoms with van der Waals surface area (Å²) in [4.78, 5) is 13.9. The van der Waals surface area contributed by atoms with E-state index in [-0.39, 0.29) is 12.5 Å². The first kappa shape index (κ1) is 15.0. The molecule has 0 bridgehead atoms. The number of alkyl halides is 1. The second-order valence-corrected chi connectivity index (χ2v) is 5.09. The van der Waals surface area contributed by atoms with Crippen LogP contribution in [0.1, 0.15) is 13.8 Å². The zero-order valence-electron chi connectivity index (χ0n) is 10.8. The topological polar surface area (TPSA) is 49.6 Å². The summed E-state index contributed by atoms with van der Waals surface area (Å²) in [6.07, 6.45) is 0. The van der Waals surface area contributed by atoms with Crippen LogP contribution in [-0.4, -0.2) is 29.5 Å². The van der Waals surface area contributed by atoms with Crippen LogP contribution in [0.15, 0.2) is 30.3 Å². The maximum atomic E-state index is 12.0. The number of hydrogen-bond acceptors (Lipinski definition) is 3. The van der Waals surface area contributed by atoms with Crippen LogP contribution < -0.4 is 10.7 Å². The van der Waals surface area contributed by atoms with Crippen molar-refractivity contribution in [2.24, 2.45) is 11.8 Å². The SMILES string of the molecule is CC(C)CN(N)C(=O)CN(CBr)c1ccccc1. The molecule has 0 aromatic heterocycles. The summed E-state index contributed by atoms with van der Waals surface area (Å²) in [7, 11) is 0. The Morgan fingerprint density at radius 3 is 2.44 bits per heavy atom. The summed E-state index contributed by atoms with van der Waals surface area (Å²) in [5.74, 6) is 6.03. The van der Waals surface area contributed by atoms with Crippen LogP contribution in [0.2, 0.25) is 0 Å². The molecule has 18 heavy (non-hydrogen) atoms. The standard InChI is InChI=1S/C13H20BrN3O/c1-11(2)8-17(15)13(18)9-16(10-14)12-6-4-3-5-7-12/h3-7,11H,8-10,15H2,1-2H3. The molecule has 1 rings (SSSR count). The van der Waals surface area contributed by atoms with Gasteiger partial charge >= 0.3 is 0 Å². The third kappa shape index (κ3) is 4.66. The molecule has 0 saturated heterocycles. The van der Waals surface area contributed by atoms with Crippen molar-refractivity contribution in [3.05, 3.63) is 30.3 Å². The van der Waals surface area contributed by atoms with Crippen molar-refractivity contribution in [2.75, 3.05) is 23.4 Å². The maximum absolute atomic E-state index is 12.0. The average molecular weight is 314 g/mol. The number of amides is 1. The first-order chi connectivity index (χ1) is 8.54. The van der Waals surface area contributed by atoms with Gasteiger partial charge in [0.25, 0.3) is 5.91 Å². The minimum atomic E-state index is -0.0768. The molecule has 0 aliphatic rings. The molecule has 0 aliphatic heterocycles. The molecule has 0 radical (unpaired) electrons. The van der Waals surface area contributed by atoms with E-state index in [1.54, 1.807) is 0 Å². The predicted molar refractivity (Wildman–Crippen MR) is 78.3 cm³/mol. The van der Waals surface area contributed by atoms with E-state index in [2.05, 4.69) is 15.9 Å². The van der Waals surface area contributed by atoms with Gasteiger partial charge in [0, 0.05) is 12.2 Å². The van der Waals surface area contributed by atoms with Gasteiger partial charge in [0.1, 0.15) is 0 Å². The summed E-state index contributed by atoms with van der Waals surface area (Å²) in [6, 6.07) is 9.79. The Morgan fingerprint density at radius 1 is 1.33 bits per heavy atom. The van der Waals surface area contributed by atoms with E-state index in [1.165, 1.54) is 5.01 Å². The minimum absolute atomic E-state index is 0.0768. The number of para-hydroxylation sites is 1. The number of carbonyl (C=O) groups excluding carboxylic acids is 1. The van der Waals surface area contributed by atoms with Gasteiger partial charge in [-0.3, -0.25) is 9.80 Å². The summed E-state index contributed by atoms with van der Waals surface area (Å²) in [5.41, 5.74) is 1.60. The highest BCUT2D eigenvalue weighted by Crippen LogP contribution is 2.14. The van der Waals surface area contributed by atoms with Crippen molar-refractivity contribution in [3.63, 3.8) is 0 Å². The van der Waals surface area contributed by atoms with E-state index in [4.69, 9.17) is 5.84 Å². The molecule has 1 amide bonds. The number of hydrazine groups is 1. The van der Waals surface area contributed by atoms with Gasteiger partial charge in [-0.15, -0.1) is 0 Å². The Morgan fingerprint density at radius 2 is 1.94 bits per heavy atom. The Balaban J connectivity index is 2.61. The molecule has 5 heteroatoms. The Labute approximate surface area is 117 Å². The highest BCUT2D eigenvalue weighted by atomic mass is 79.9. The fraction of sp³-hybridized carbons (Fsp3) is 0.462. The summed E-state index contributed by atoms with van der Waals surface area (Å²) >= 11 is 3.40. The first-order valence-corrected chi connectivity index (χ1v) is 7.07. The third-order valence-electron chi connectivity index (χ3n) is 2.47. The van der Waals surface area contributed by atoms with E-state index in [1.807, 2.05) is 49.1 Å². The van der Waals surface area contributed by atoms with E-state index in [9.17, 15) is 4.79 Å². The van der Waals surface area contributed by atoms with Crippen molar-refractivity contribution >= 4 is 27.5 Å². The minimum Gasteiger partial charge on any atom is -0.352 e. The number of benzene rings is 1. The molecule has 0 saturated carbocycles. The van der Waals surface area contributed by atoms with Crippen LogP contribution in [0.3, 0.4) is 0 Å². The predicted octanol–water partition coefficient (Wildman–Crippen LogP) is 2.20. The maximum Gasteiger partial charge on any atom is 0.256 e. The van der Waals surface area contributed by atoms with Crippen LogP contribution >= 0.6 is 15.9 Å². The first-order valence-electron chi connectivity index (χ1n) is 5.95. The van der Waals surface area contributed by atoms with Crippen LogP contribution in [0.5, 0.6) is 0 Å². The molecule has 0 unspecified atom stereocenters. The van der Waals surface area contributed by atoms with Crippen molar-refractivity contribution < 1.29 is 4.79 Å². The lowest BCUT2D eigenvalue weighted by Gasteiger charge is -2.25. The van der Waals surface area contributed by atoms with Crippen molar-refractivity contribution in [2.45, 2.75) is 13.8 Å². The number of carbonyl (C=O) groups is 1. The normalized spacial score (nSPS) is 10.5. The van der Waals surface area contributed by atoms with Crippen LogP contribution in [-0.2, 0) is 4.79 Å². The van der Waals surface area contributed by atoms with E-state index in [0.29, 0.717) is 17.9 Å². The molecule has 0 heterocycles. The van der Waals surface area contributed by atoms with Crippen molar-refractivity contribution in [1.29, 1.82) is 0 Å². The lowest BCUT2D eigenvalue weighted by atomic mass is 10.2. The molecule has 2 N–H and O–H groups in total. The molecular weight excluding hydrogens is 294 g/mol. The zero-order valence-corrected chi connectivity index (χ0v) is 12.4. The number of rotatable bonds is 6. The average Bonchev–Trinajstić information content (AvgIpc) is 2.35. The third-order valence-corrected chi connectivity index (χ3v) is 3.08. The lowest BCUT2D eigenvalue weighted by Crippen LogP contribution is -2.45. The summed E-state index contributed by atoms with van der Waals surface area (Å²) in [5, 5.41) is 1.29. The number of halogens is 1. The molecule has 1 aromatic rings. The number of nitrogens with two attached hydrogens (primary N) is 1. The second-order valence-electron chi connectivity index (χ2n) is 4.59. The molecule has 0 fully saturated rings. The smallest absolute Gasteiger partial charge is 0.256 e. The van der Waals surface area contributed by atoms with Crippen LogP contribution in [0.4, 0.5) is 5.69 Å². The van der Waals surface area contributed by atoms with Gasteiger partial charge in [-0.05, 0) is 18.1 Å². The van der Waals surface area contributed by atoms with Gasteiger partial charge in [-0.25, -0.2) is 5.84 Å². The van der Waals surface area contributed by atoms with E-state index < -0.39 is 0 Å². The van der Waals surface area contributed by atoms with Gasteiger partial charge in [0.05, 0.1) is 12.0 Å². The molecule has 100 valence electrons. The molecule has 1 aromatic carbocycles. The molecule has 0 atom stereocenters. The largest absolute Gasteiger partial charge is 0.352 e. The Kier molecular flexibility index (Phi) is 6.15. The number of anilines is 1. The van der Waals surface area contributed by atoms with Crippen LogP contribution in [0, 0.1) is 5.92 Å². The van der Waals surface area contributed by atoms with E-state index >= 15 is 0 Å².